The maximum Gasteiger partial charge on any atom is 0.165 e. The topological polar surface area (TPSA) is 35.2 Å². The fourth-order valence-corrected chi connectivity index (χ4v) is 2.10. The summed E-state index contributed by atoms with van der Waals surface area (Å²) in [5.74, 6) is 0.418. The van der Waals surface area contributed by atoms with Crippen LogP contribution in [0.4, 0.5) is 4.39 Å². The molecule has 2 nitrogen and oxygen atoms in total. The molecule has 94 valence electrons. The van der Waals surface area contributed by atoms with Crippen LogP contribution >= 0.6 is 15.9 Å². The van der Waals surface area contributed by atoms with E-state index in [2.05, 4.69) is 15.9 Å². The predicted octanol–water partition coefficient (Wildman–Crippen LogP) is 3.88. The number of para-hydroxylation sites is 1. The average Bonchev–Trinajstić information content (AvgIpc) is 2.35. The lowest BCUT2D eigenvalue weighted by atomic mass is 10.1. The van der Waals surface area contributed by atoms with Crippen molar-refractivity contribution in [1.82, 2.24) is 0 Å². The van der Waals surface area contributed by atoms with Crippen LogP contribution in [0.1, 0.15) is 5.56 Å². The Morgan fingerprint density at radius 1 is 1.11 bits per heavy atom. The maximum absolute atomic E-state index is 13.5. The van der Waals surface area contributed by atoms with E-state index in [0.29, 0.717) is 12.3 Å². The third kappa shape index (κ3) is 3.09. The molecule has 2 aromatic carbocycles. The summed E-state index contributed by atoms with van der Waals surface area (Å²) >= 11 is 3.41. The molecule has 0 unspecified atom stereocenters. The fourth-order valence-electron chi connectivity index (χ4n) is 1.60. The van der Waals surface area contributed by atoms with Crippen LogP contribution in [0, 0.1) is 5.82 Å². The third-order valence-electron chi connectivity index (χ3n) is 2.49. The van der Waals surface area contributed by atoms with E-state index in [9.17, 15) is 4.39 Å². The largest absolute Gasteiger partial charge is 0.453 e. The zero-order chi connectivity index (χ0) is 13.0. The van der Waals surface area contributed by atoms with Crippen LogP contribution in [0.2, 0.25) is 0 Å². The molecule has 0 heterocycles. The molecule has 0 radical (unpaired) electrons. The van der Waals surface area contributed by atoms with Crippen molar-refractivity contribution < 1.29 is 9.13 Å². The summed E-state index contributed by atoms with van der Waals surface area (Å²) in [5.41, 5.74) is 6.61. The normalized spacial score (nSPS) is 10.4. The Balaban J connectivity index is 2.22. The van der Waals surface area contributed by atoms with E-state index in [1.807, 2.05) is 18.2 Å². The average molecular weight is 310 g/mol. The van der Waals surface area contributed by atoms with Gasteiger partial charge in [-0.2, -0.15) is 0 Å². The van der Waals surface area contributed by atoms with Crippen molar-refractivity contribution >= 4 is 15.9 Å². The molecule has 2 aromatic rings. The number of nitrogens with two attached hydrogens (primary N) is 1. The maximum atomic E-state index is 13.5. The molecule has 0 fully saturated rings. The summed E-state index contributed by atoms with van der Waals surface area (Å²) in [5, 5.41) is 0. The van der Waals surface area contributed by atoms with E-state index in [1.165, 1.54) is 6.07 Å². The zero-order valence-electron chi connectivity index (χ0n) is 9.70. The quantitative estimate of drug-likeness (QED) is 0.930. The molecule has 0 atom stereocenters. The monoisotopic (exact) mass is 309 g/mol. The third-order valence-corrected chi connectivity index (χ3v) is 3.11. The van der Waals surface area contributed by atoms with Crippen LogP contribution in [-0.4, -0.2) is 6.54 Å². The van der Waals surface area contributed by atoms with E-state index >= 15 is 0 Å². The first-order valence-corrected chi connectivity index (χ1v) is 6.41. The number of ether oxygens (including phenoxy) is 1. The highest BCUT2D eigenvalue weighted by Crippen LogP contribution is 2.31. The van der Waals surface area contributed by atoms with Crippen molar-refractivity contribution in [3.05, 3.63) is 58.3 Å². The molecular weight excluding hydrogens is 297 g/mol. The van der Waals surface area contributed by atoms with Gasteiger partial charge in [-0.05, 0) is 58.7 Å². The molecule has 4 heteroatoms. The summed E-state index contributed by atoms with van der Waals surface area (Å²) in [6.07, 6.45) is 0.804. The predicted molar refractivity (Wildman–Crippen MR) is 73.4 cm³/mol. The first kappa shape index (κ1) is 13.1. The number of hydrogen-bond acceptors (Lipinski definition) is 2. The number of halogens is 2. The zero-order valence-corrected chi connectivity index (χ0v) is 11.3. The fraction of sp³-hybridized carbons (Fsp3) is 0.143. The highest BCUT2D eigenvalue weighted by molar-refractivity contribution is 9.10. The molecule has 0 aromatic heterocycles. The van der Waals surface area contributed by atoms with Crippen LogP contribution in [-0.2, 0) is 6.42 Å². The lowest BCUT2D eigenvalue weighted by Crippen LogP contribution is -2.02. The van der Waals surface area contributed by atoms with Crippen LogP contribution in [0.15, 0.2) is 46.9 Å². The Kier molecular flexibility index (Phi) is 4.33. The summed E-state index contributed by atoms with van der Waals surface area (Å²) in [7, 11) is 0. The van der Waals surface area contributed by atoms with Crippen molar-refractivity contribution in [2.75, 3.05) is 6.54 Å². The first-order valence-electron chi connectivity index (χ1n) is 5.61. The van der Waals surface area contributed by atoms with Crippen molar-refractivity contribution in [1.29, 1.82) is 0 Å². The molecule has 0 aliphatic heterocycles. The lowest BCUT2D eigenvalue weighted by molar-refractivity contribution is 0.440. The number of benzene rings is 2. The second kappa shape index (κ2) is 5.98. The molecule has 18 heavy (non-hydrogen) atoms. The number of hydrogen-bond donors (Lipinski definition) is 1. The van der Waals surface area contributed by atoms with Crippen LogP contribution in [0.3, 0.4) is 0 Å². The van der Waals surface area contributed by atoms with Gasteiger partial charge in [-0.15, -0.1) is 0 Å². The van der Waals surface area contributed by atoms with Gasteiger partial charge in [-0.3, -0.25) is 0 Å². The Morgan fingerprint density at radius 3 is 2.56 bits per heavy atom. The van der Waals surface area contributed by atoms with Gasteiger partial charge in [0, 0.05) is 0 Å². The van der Waals surface area contributed by atoms with Crippen LogP contribution < -0.4 is 10.5 Å². The standard InChI is InChI=1S/C14H13BrFNO/c15-11-9-10(7-8-17)5-6-13(11)18-14-4-2-1-3-12(14)16/h1-6,9H,7-8,17H2. The first-order chi connectivity index (χ1) is 8.70. The van der Waals surface area contributed by atoms with Crippen LogP contribution in [0.5, 0.6) is 11.5 Å². The molecule has 0 saturated carbocycles. The molecule has 0 amide bonds. The van der Waals surface area contributed by atoms with E-state index in [-0.39, 0.29) is 11.6 Å². The van der Waals surface area contributed by atoms with E-state index in [1.54, 1.807) is 18.2 Å². The Morgan fingerprint density at radius 2 is 1.89 bits per heavy atom. The van der Waals surface area contributed by atoms with Gasteiger partial charge in [-0.1, -0.05) is 18.2 Å². The number of rotatable bonds is 4. The van der Waals surface area contributed by atoms with Gasteiger partial charge in [0.2, 0.25) is 0 Å². The van der Waals surface area contributed by atoms with Crippen LogP contribution in [0.25, 0.3) is 0 Å². The highest BCUT2D eigenvalue weighted by Gasteiger charge is 2.07. The molecule has 0 aliphatic rings. The molecule has 2 rings (SSSR count). The SMILES string of the molecule is NCCc1ccc(Oc2ccccc2F)c(Br)c1. The Labute approximate surface area is 114 Å². The lowest BCUT2D eigenvalue weighted by Gasteiger charge is -2.09. The summed E-state index contributed by atoms with van der Waals surface area (Å²) < 4.78 is 19.8. The highest BCUT2D eigenvalue weighted by atomic mass is 79.9. The summed E-state index contributed by atoms with van der Waals surface area (Å²) in [4.78, 5) is 0. The van der Waals surface area contributed by atoms with Crippen molar-refractivity contribution in [3.63, 3.8) is 0 Å². The van der Waals surface area contributed by atoms with Crippen molar-refractivity contribution in [2.45, 2.75) is 6.42 Å². The van der Waals surface area contributed by atoms with Gasteiger partial charge in [0.25, 0.3) is 0 Å². The van der Waals surface area contributed by atoms with Gasteiger partial charge < -0.3 is 10.5 Å². The minimum absolute atomic E-state index is 0.213. The molecule has 0 bridgehead atoms. The molecule has 2 N–H and O–H groups in total. The minimum atomic E-state index is -0.379. The van der Waals surface area contributed by atoms with Gasteiger partial charge in [0.15, 0.2) is 11.6 Å². The van der Waals surface area contributed by atoms with E-state index in [4.69, 9.17) is 10.5 Å². The second-order valence-corrected chi connectivity index (χ2v) is 4.69. The molecule has 0 aliphatic carbocycles. The van der Waals surface area contributed by atoms with Gasteiger partial charge in [0.1, 0.15) is 5.75 Å². The second-order valence-electron chi connectivity index (χ2n) is 3.84. The minimum Gasteiger partial charge on any atom is -0.453 e. The van der Waals surface area contributed by atoms with E-state index in [0.717, 1.165) is 16.5 Å². The van der Waals surface area contributed by atoms with Gasteiger partial charge in [0.05, 0.1) is 4.47 Å². The molecular formula is C14H13BrFNO. The summed E-state index contributed by atoms with van der Waals surface area (Å²) in [6, 6.07) is 12.0. The molecule has 0 spiro atoms. The Hall–Kier alpha value is -1.39. The van der Waals surface area contributed by atoms with Crippen molar-refractivity contribution in [2.24, 2.45) is 5.73 Å². The van der Waals surface area contributed by atoms with Gasteiger partial charge in [-0.25, -0.2) is 4.39 Å². The van der Waals surface area contributed by atoms with Crippen molar-refractivity contribution in [3.8, 4) is 11.5 Å². The molecule has 0 saturated heterocycles. The van der Waals surface area contributed by atoms with E-state index < -0.39 is 0 Å². The van der Waals surface area contributed by atoms with Gasteiger partial charge >= 0.3 is 0 Å². The summed E-state index contributed by atoms with van der Waals surface area (Å²) in [6.45, 7) is 0.597. The Bertz CT molecular complexity index is 545. The smallest absolute Gasteiger partial charge is 0.165 e.